The molecule has 1 saturated carbocycles. The Morgan fingerprint density at radius 2 is 1.76 bits per heavy atom. The highest BCUT2D eigenvalue weighted by atomic mass is 15.0. The Bertz CT molecular complexity index is 1810. The summed E-state index contributed by atoms with van der Waals surface area (Å²) >= 11 is 0. The molecule has 0 bridgehead atoms. The third kappa shape index (κ3) is 2.36. The zero-order valence-corrected chi connectivity index (χ0v) is 19.4. The van der Waals surface area contributed by atoms with Gasteiger partial charge in [0.25, 0.3) is 0 Å². The van der Waals surface area contributed by atoms with Gasteiger partial charge >= 0.3 is 0 Å². The van der Waals surface area contributed by atoms with E-state index in [-0.39, 0.29) is 0 Å². The maximum atomic E-state index is 7.63. The number of fused-ring (bicyclic) bond motifs is 5. The van der Waals surface area contributed by atoms with Crippen molar-refractivity contribution < 1.29 is 4.57 Å². The van der Waals surface area contributed by atoms with E-state index in [1.807, 2.05) is 6.07 Å². The van der Waals surface area contributed by atoms with Crippen molar-refractivity contribution >= 4 is 54.7 Å². The molecule has 0 atom stereocenters. The van der Waals surface area contributed by atoms with Crippen molar-refractivity contribution in [3.63, 3.8) is 0 Å². The second kappa shape index (κ2) is 6.45. The Labute approximate surface area is 193 Å². The summed E-state index contributed by atoms with van der Waals surface area (Å²) in [6.45, 7) is 12.1. The largest absolute Gasteiger partial charge is 0.309 e. The van der Waals surface area contributed by atoms with Gasteiger partial charge in [-0.05, 0) is 72.9 Å². The molecule has 0 spiro atoms. The van der Waals surface area contributed by atoms with Gasteiger partial charge in [0.15, 0.2) is 11.9 Å². The van der Waals surface area contributed by atoms with Gasteiger partial charge < -0.3 is 4.40 Å². The molecular weight excluding hydrogens is 402 g/mol. The summed E-state index contributed by atoms with van der Waals surface area (Å²) < 4.78 is 4.77. The predicted molar refractivity (Wildman–Crippen MR) is 137 cm³/mol. The molecule has 7 rings (SSSR count). The first-order chi connectivity index (χ1) is 16.1. The number of pyridine rings is 2. The molecule has 3 nitrogen and oxygen atoms in total. The molecule has 1 aliphatic rings. The first-order valence-electron chi connectivity index (χ1n) is 12.0. The lowest BCUT2D eigenvalue weighted by atomic mass is 9.92. The van der Waals surface area contributed by atoms with Gasteiger partial charge in [0.05, 0.1) is 28.4 Å². The van der Waals surface area contributed by atoms with Crippen LogP contribution in [0.15, 0.2) is 48.7 Å². The molecule has 0 unspecified atom stereocenters. The van der Waals surface area contributed by atoms with E-state index in [1.165, 1.54) is 85.9 Å². The van der Waals surface area contributed by atoms with Gasteiger partial charge in [-0.3, -0.25) is 0 Å². The summed E-state index contributed by atoms with van der Waals surface area (Å²) in [5.74, 6) is 0.653. The number of aryl methyl sites for hydroxylation is 3. The Balaban J connectivity index is 1.84. The highest BCUT2D eigenvalue weighted by Crippen LogP contribution is 2.44. The van der Waals surface area contributed by atoms with Crippen LogP contribution in [0.4, 0.5) is 5.69 Å². The van der Waals surface area contributed by atoms with Crippen molar-refractivity contribution in [1.82, 2.24) is 4.40 Å². The Morgan fingerprint density at radius 3 is 2.55 bits per heavy atom. The molecule has 0 radical (unpaired) electrons. The van der Waals surface area contributed by atoms with E-state index in [2.05, 4.69) is 77.3 Å². The maximum Gasteiger partial charge on any atom is 0.224 e. The second-order valence-corrected chi connectivity index (χ2v) is 10.00. The molecular formula is C30H26N3+. The number of rotatable bonds is 1. The van der Waals surface area contributed by atoms with Gasteiger partial charge in [-0.2, -0.15) is 0 Å². The molecule has 3 heterocycles. The minimum atomic E-state index is 0.653. The topological polar surface area (TPSA) is 12.6 Å². The first-order valence-corrected chi connectivity index (χ1v) is 12.0. The van der Waals surface area contributed by atoms with E-state index >= 15 is 0 Å². The number of hydrogen-bond acceptors (Lipinski definition) is 0. The van der Waals surface area contributed by atoms with E-state index in [0.717, 1.165) is 5.52 Å². The highest BCUT2D eigenvalue weighted by molar-refractivity contribution is 6.26. The van der Waals surface area contributed by atoms with Crippen LogP contribution in [0.5, 0.6) is 0 Å². The molecule has 0 aliphatic heterocycles. The van der Waals surface area contributed by atoms with Crippen LogP contribution >= 0.6 is 0 Å². The molecule has 3 aromatic heterocycles. The number of benzene rings is 3. The number of nitrogens with zero attached hydrogens (tertiary/aromatic N) is 3. The summed E-state index contributed by atoms with van der Waals surface area (Å²) in [5, 5.41) is 6.50. The van der Waals surface area contributed by atoms with E-state index in [0.29, 0.717) is 11.6 Å². The quantitative estimate of drug-likeness (QED) is 0.110. The predicted octanol–water partition coefficient (Wildman–Crippen LogP) is 7.64. The van der Waals surface area contributed by atoms with E-state index in [9.17, 15) is 0 Å². The monoisotopic (exact) mass is 428 g/mol. The minimum absolute atomic E-state index is 0.653. The average molecular weight is 429 g/mol. The first kappa shape index (κ1) is 18.9. The van der Waals surface area contributed by atoms with E-state index in [4.69, 9.17) is 6.57 Å². The number of aromatic nitrogens is 2. The molecule has 0 amide bonds. The van der Waals surface area contributed by atoms with Crippen LogP contribution in [0.1, 0.15) is 48.3 Å². The third-order valence-electron chi connectivity index (χ3n) is 8.23. The molecule has 6 aromatic rings. The van der Waals surface area contributed by atoms with Crippen LogP contribution in [-0.4, -0.2) is 4.40 Å². The lowest BCUT2D eigenvalue weighted by molar-refractivity contribution is -0.643. The Hall–Kier alpha value is -3.64. The van der Waals surface area contributed by atoms with Gasteiger partial charge in [0, 0.05) is 22.4 Å². The summed E-state index contributed by atoms with van der Waals surface area (Å²) in [6.07, 6.45) is 7.47. The molecule has 160 valence electrons. The van der Waals surface area contributed by atoms with Crippen LogP contribution in [0, 0.1) is 20.4 Å². The summed E-state index contributed by atoms with van der Waals surface area (Å²) in [6, 6.07) is 15.7. The van der Waals surface area contributed by atoms with Crippen molar-refractivity contribution in [3.05, 3.63) is 76.8 Å². The van der Waals surface area contributed by atoms with Crippen LogP contribution < -0.4 is 4.57 Å². The van der Waals surface area contributed by atoms with Gasteiger partial charge in [-0.1, -0.05) is 31.0 Å². The molecule has 0 saturated heterocycles. The zero-order chi connectivity index (χ0) is 22.4. The lowest BCUT2D eigenvalue weighted by Crippen LogP contribution is -2.29. The fourth-order valence-corrected chi connectivity index (χ4v) is 6.48. The summed E-state index contributed by atoms with van der Waals surface area (Å²) in [7, 11) is 2.17. The van der Waals surface area contributed by atoms with Crippen molar-refractivity contribution in [3.8, 4) is 0 Å². The third-order valence-corrected chi connectivity index (χ3v) is 8.23. The Morgan fingerprint density at radius 1 is 0.939 bits per heavy atom. The fourth-order valence-electron chi connectivity index (χ4n) is 6.48. The minimum Gasteiger partial charge on any atom is -0.309 e. The van der Waals surface area contributed by atoms with Gasteiger partial charge in [0.2, 0.25) is 5.52 Å². The SMILES string of the molecule is [C-]#[N+]c1ccc2c3cc(C)c(C)c4c3n(c2c1)c1cc(C2CCCC2)cc2cc[n+](C)c4c21. The van der Waals surface area contributed by atoms with E-state index < -0.39 is 0 Å². The molecule has 3 aromatic carbocycles. The fraction of sp³-hybridized carbons (Fsp3) is 0.267. The van der Waals surface area contributed by atoms with Gasteiger partial charge in [0.1, 0.15) is 7.05 Å². The van der Waals surface area contributed by atoms with Gasteiger partial charge in [-0.25, -0.2) is 9.41 Å². The standard InChI is InChI=1S/C30H26N3/c1-17-13-24-23-10-9-22(31-3)16-25(23)33-26-15-21(19-7-5-6-8-19)14-20-11-12-32(4)30(28(20)26)27(18(17)2)29(24)33/h9-16,19H,5-8H2,1-2,4H3/q+1. The molecule has 1 aliphatic carbocycles. The van der Waals surface area contributed by atoms with Crippen LogP contribution in [0.3, 0.4) is 0 Å². The second-order valence-electron chi connectivity index (χ2n) is 10.00. The van der Waals surface area contributed by atoms with Crippen molar-refractivity contribution in [2.45, 2.75) is 45.4 Å². The average Bonchev–Trinajstić information content (AvgIpc) is 3.47. The van der Waals surface area contributed by atoms with Crippen molar-refractivity contribution in [2.75, 3.05) is 0 Å². The zero-order valence-electron chi connectivity index (χ0n) is 19.4. The smallest absolute Gasteiger partial charge is 0.224 e. The lowest BCUT2D eigenvalue weighted by Gasteiger charge is -2.17. The van der Waals surface area contributed by atoms with Gasteiger partial charge in [-0.15, -0.1) is 0 Å². The van der Waals surface area contributed by atoms with Crippen LogP contribution in [-0.2, 0) is 7.05 Å². The highest BCUT2D eigenvalue weighted by Gasteiger charge is 2.26. The van der Waals surface area contributed by atoms with Crippen LogP contribution in [0.25, 0.3) is 53.8 Å². The Kier molecular flexibility index (Phi) is 3.69. The van der Waals surface area contributed by atoms with Crippen LogP contribution in [0.2, 0.25) is 0 Å². The molecule has 3 heteroatoms. The van der Waals surface area contributed by atoms with E-state index in [1.54, 1.807) is 0 Å². The maximum absolute atomic E-state index is 7.63. The molecule has 33 heavy (non-hydrogen) atoms. The summed E-state index contributed by atoms with van der Waals surface area (Å²) in [5.41, 5.74) is 9.84. The van der Waals surface area contributed by atoms with Crippen molar-refractivity contribution in [1.29, 1.82) is 0 Å². The summed E-state index contributed by atoms with van der Waals surface area (Å²) in [4.78, 5) is 3.76. The molecule has 0 N–H and O–H groups in total. The number of hydrogen-bond donors (Lipinski definition) is 0. The normalized spacial score (nSPS) is 15.1. The molecule has 1 fully saturated rings. The van der Waals surface area contributed by atoms with Crippen molar-refractivity contribution in [2.24, 2.45) is 7.05 Å².